The van der Waals surface area contributed by atoms with Gasteiger partial charge >= 0.3 is 0 Å². The van der Waals surface area contributed by atoms with E-state index in [4.69, 9.17) is 0 Å². The molecule has 0 spiro atoms. The van der Waals surface area contributed by atoms with E-state index in [1.807, 2.05) is 0 Å². The lowest BCUT2D eigenvalue weighted by Gasteiger charge is -2.46. The van der Waals surface area contributed by atoms with Crippen LogP contribution in [0.15, 0.2) is 36.4 Å². The van der Waals surface area contributed by atoms with Crippen molar-refractivity contribution < 1.29 is 0 Å². The summed E-state index contributed by atoms with van der Waals surface area (Å²) in [4.78, 5) is 0. The number of hydrogen-bond acceptors (Lipinski definition) is 1. The molecule has 1 aromatic rings. The molecule has 20 heavy (non-hydrogen) atoms. The molecule has 1 aromatic carbocycles. The first-order valence-corrected chi connectivity index (χ1v) is 7.78. The molecule has 1 aliphatic heterocycles. The van der Waals surface area contributed by atoms with E-state index in [0.29, 0.717) is 5.92 Å². The Labute approximate surface area is 124 Å². The first-order chi connectivity index (χ1) is 9.27. The molecule has 0 atom stereocenters. The summed E-state index contributed by atoms with van der Waals surface area (Å²) in [6.45, 7) is 11.5. The minimum atomic E-state index is 0.236. The van der Waals surface area contributed by atoms with Gasteiger partial charge in [-0.25, -0.2) is 0 Å². The van der Waals surface area contributed by atoms with Crippen molar-refractivity contribution in [2.24, 2.45) is 5.92 Å². The van der Waals surface area contributed by atoms with E-state index >= 15 is 0 Å². The van der Waals surface area contributed by atoms with E-state index in [2.05, 4.69) is 76.4 Å². The lowest BCUT2D eigenvalue weighted by molar-refractivity contribution is 0.150. The van der Waals surface area contributed by atoms with Gasteiger partial charge < -0.3 is 5.32 Å². The summed E-state index contributed by atoms with van der Waals surface area (Å²) in [5.41, 5.74) is 3.30. The molecule has 1 heterocycles. The lowest BCUT2D eigenvalue weighted by Crippen LogP contribution is -2.57. The molecular weight excluding hydrogens is 242 g/mol. The predicted octanol–water partition coefficient (Wildman–Crippen LogP) is 4.65. The normalized spacial score (nSPS) is 22.2. The van der Waals surface area contributed by atoms with Crippen LogP contribution in [-0.4, -0.2) is 11.1 Å². The van der Waals surface area contributed by atoms with Crippen LogP contribution < -0.4 is 5.32 Å². The maximum absolute atomic E-state index is 3.75. The van der Waals surface area contributed by atoms with Crippen molar-refractivity contribution in [3.05, 3.63) is 47.5 Å². The van der Waals surface area contributed by atoms with Crippen LogP contribution in [0.25, 0.3) is 0 Å². The number of nitrogens with one attached hydrogen (secondary N) is 1. The monoisotopic (exact) mass is 271 g/mol. The zero-order valence-electron chi connectivity index (χ0n) is 13.7. The van der Waals surface area contributed by atoms with Gasteiger partial charge in [0.2, 0.25) is 0 Å². The molecule has 1 nitrogen and oxygen atoms in total. The van der Waals surface area contributed by atoms with Gasteiger partial charge in [0, 0.05) is 11.1 Å². The maximum Gasteiger partial charge on any atom is 0.0135 e. The van der Waals surface area contributed by atoms with Crippen molar-refractivity contribution in [1.82, 2.24) is 5.32 Å². The van der Waals surface area contributed by atoms with E-state index in [1.54, 1.807) is 0 Å². The van der Waals surface area contributed by atoms with Crippen molar-refractivity contribution in [1.29, 1.82) is 0 Å². The molecular formula is C19H29N. The van der Waals surface area contributed by atoms with Crippen LogP contribution in [0.5, 0.6) is 0 Å². The zero-order valence-corrected chi connectivity index (χ0v) is 13.7. The molecule has 1 aliphatic rings. The van der Waals surface area contributed by atoms with Crippen LogP contribution >= 0.6 is 0 Å². The van der Waals surface area contributed by atoms with E-state index in [-0.39, 0.29) is 11.1 Å². The van der Waals surface area contributed by atoms with Gasteiger partial charge in [0.15, 0.2) is 0 Å². The highest BCUT2D eigenvalue weighted by Gasteiger charge is 2.36. The Balaban J connectivity index is 1.99. The number of benzene rings is 1. The van der Waals surface area contributed by atoms with E-state index < -0.39 is 0 Å². The maximum atomic E-state index is 3.75. The minimum absolute atomic E-state index is 0.236. The van der Waals surface area contributed by atoms with Crippen LogP contribution in [-0.2, 0) is 6.42 Å². The van der Waals surface area contributed by atoms with Gasteiger partial charge in [-0.2, -0.15) is 0 Å². The first kappa shape index (κ1) is 15.3. The number of aryl methyl sites for hydroxylation is 1. The Kier molecular flexibility index (Phi) is 4.39. The summed E-state index contributed by atoms with van der Waals surface area (Å²) >= 11 is 0. The smallest absolute Gasteiger partial charge is 0.0135 e. The molecule has 1 saturated heterocycles. The fourth-order valence-corrected chi connectivity index (χ4v) is 3.76. The molecule has 0 unspecified atom stereocenters. The van der Waals surface area contributed by atoms with Crippen molar-refractivity contribution in [3.63, 3.8) is 0 Å². The van der Waals surface area contributed by atoms with Gasteiger partial charge in [-0.05, 0) is 70.9 Å². The highest BCUT2D eigenvalue weighted by atomic mass is 15.0. The molecule has 0 amide bonds. The fraction of sp³-hybridized carbons (Fsp3) is 0.579. The van der Waals surface area contributed by atoms with Crippen molar-refractivity contribution in [3.8, 4) is 0 Å². The topological polar surface area (TPSA) is 12.0 Å². The number of piperidine rings is 1. The third-order valence-electron chi connectivity index (χ3n) is 4.23. The van der Waals surface area contributed by atoms with Crippen molar-refractivity contribution in [2.75, 3.05) is 0 Å². The van der Waals surface area contributed by atoms with Crippen molar-refractivity contribution in [2.45, 2.75) is 65.0 Å². The average molecular weight is 271 g/mol. The third-order valence-corrected chi connectivity index (χ3v) is 4.23. The Hall–Kier alpha value is -1.08. The van der Waals surface area contributed by atoms with Crippen molar-refractivity contribution >= 4 is 0 Å². The van der Waals surface area contributed by atoms with Gasteiger partial charge in [-0.15, -0.1) is 0 Å². The Morgan fingerprint density at radius 1 is 1.10 bits per heavy atom. The third kappa shape index (κ3) is 4.21. The predicted molar refractivity (Wildman–Crippen MR) is 88.0 cm³/mol. The molecule has 0 aromatic heterocycles. The van der Waals surface area contributed by atoms with Gasteiger partial charge in [0.1, 0.15) is 0 Å². The fourth-order valence-electron chi connectivity index (χ4n) is 3.76. The first-order valence-electron chi connectivity index (χ1n) is 7.78. The van der Waals surface area contributed by atoms with Gasteiger partial charge in [-0.1, -0.05) is 36.4 Å². The molecule has 1 fully saturated rings. The summed E-state index contributed by atoms with van der Waals surface area (Å²) in [5, 5.41) is 3.75. The molecule has 110 valence electrons. The molecule has 2 rings (SSSR count). The second kappa shape index (κ2) is 5.73. The largest absolute Gasteiger partial charge is 0.307 e. The molecule has 0 saturated carbocycles. The quantitative estimate of drug-likeness (QED) is 0.789. The highest BCUT2D eigenvalue weighted by molar-refractivity contribution is 5.27. The summed E-state index contributed by atoms with van der Waals surface area (Å²) < 4.78 is 0. The second-order valence-electron chi connectivity index (χ2n) is 7.62. The Morgan fingerprint density at radius 3 is 2.30 bits per heavy atom. The number of allylic oxidation sites excluding steroid dienone is 2. The summed E-state index contributed by atoms with van der Waals surface area (Å²) in [6.07, 6.45) is 8.31. The minimum Gasteiger partial charge on any atom is -0.307 e. The summed E-state index contributed by atoms with van der Waals surface area (Å²) in [6, 6.07) is 8.67. The zero-order chi connectivity index (χ0) is 14.8. The SMILES string of the molecule is Cc1ccccc1C/C=C\C1CC(C)(C)NC(C)(C)C1. The van der Waals surface area contributed by atoms with Crippen LogP contribution in [0.2, 0.25) is 0 Å². The van der Waals surface area contributed by atoms with E-state index in [1.165, 1.54) is 24.0 Å². The Bertz CT molecular complexity index is 466. The molecule has 0 bridgehead atoms. The average Bonchev–Trinajstić information content (AvgIpc) is 2.27. The molecule has 0 aliphatic carbocycles. The second-order valence-corrected chi connectivity index (χ2v) is 7.62. The highest BCUT2D eigenvalue weighted by Crippen LogP contribution is 2.33. The number of rotatable bonds is 3. The standard InChI is InChI=1S/C19H29N/c1-15-9-6-7-11-17(15)12-8-10-16-13-18(2,3)20-19(4,5)14-16/h6-11,16,20H,12-14H2,1-5H3/b10-8-. The lowest BCUT2D eigenvalue weighted by atomic mass is 9.76. The van der Waals surface area contributed by atoms with Crippen LogP contribution in [0.4, 0.5) is 0 Å². The molecule has 0 radical (unpaired) electrons. The molecule has 1 heteroatoms. The van der Waals surface area contributed by atoms with E-state index in [9.17, 15) is 0 Å². The number of hydrogen-bond donors (Lipinski definition) is 1. The van der Waals surface area contributed by atoms with Crippen LogP contribution in [0.1, 0.15) is 51.7 Å². The summed E-state index contributed by atoms with van der Waals surface area (Å²) in [5.74, 6) is 0.685. The van der Waals surface area contributed by atoms with Gasteiger partial charge in [0.05, 0.1) is 0 Å². The molecule has 1 N–H and O–H groups in total. The van der Waals surface area contributed by atoms with Gasteiger partial charge in [-0.3, -0.25) is 0 Å². The van der Waals surface area contributed by atoms with E-state index in [0.717, 1.165) is 6.42 Å². The Morgan fingerprint density at radius 2 is 1.70 bits per heavy atom. The summed E-state index contributed by atoms with van der Waals surface area (Å²) in [7, 11) is 0. The van der Waals surface area contributed by atoms with Crippen LogP contribution in [0, 0.1) is 12.8 Å². The van der Waals surface area contributed by atoms with Crippen LogP contribution in [0.3, 0.4) is 0 Å². The van der Waals surface area contributed by atoms with Gasteiger partial charge in [0.25, 0.3) is 0 Å².